The van der Waals surface area contributed by atoms with E-state index in [0.29, 0.717) is 17.5 Å². The Bertz CT molecular complexity index is 1350. The summed E-state index contributed by atoms with van der Waals surface area (Å²) < 4.78 is 0. The summed E-state index contributed by atoms with van der Waals surface area (Å²) in [6.07, 6.45) is 15.3. The Morgan fingerprint density at radius 3 is 1.15 bits per heavy atom. The van der Waals surface area contributed by atoms with Crippen LogP contribution in [0.15, 0.2) is 109 Å². The van der Waals surface area contributed by atoms with Gasteiger partial charge in [-0.2, -0.15) is 0 Å². The average Bonchev–Trinajstić information content (AvgIpc) is 3.15. The van der Waals surface area contributed by atoms with Gasteiger partial charge in [0.1, 0.15) is 0 Å². The van der Waals surface area contributed by atoms with Crippen LogP contribution in [0.3, 0.4) is 0 Å². The van der Waals surface area contributed by atoms with Crippen LogP contribution >= 0.6 is 0 Å². The predicted molar refractivity (Wildman–Crippen MR) is 191 cm³/mol. The Morgan fingerprint density at radius 2 is 0.771 bits per heavy atom. The van der Waals surface area contributed by atoms with Crippen LogP contribution in [-0.4, -0.2) is 18.2 Å². The summed E-state index contributed by atoms with van der Waals surface area (Å²) in [6.45, 7) is 2.25. The Labute approximate surface area is 286 Å². The molecule has 0 saturated heterocycles. The monoisotopic (exact) mass is 650 g/mol. The van der Waals surface area contributed by atoms with Crippen molar-refractivity contribution in [3.63, 3.8) is 0 Å². The lowest BCUT2D eigenvalue weighted by molar-refractivity contribution is -0.421. The van der Waals surface area contributed by atoms with E-state index in [1.807, 2.05) is 84.9 Å². The molecule has 0 N–H and O–H groups in total. The minimum Gasteiger partial charge on any atom is -0.290 e. The molecule has 254 valence electrons. The summed E-state index contributed by atoms with van der Waals surface area (Å²) >= 11 is 0. The highest BCUT2D eigenvalue weighted by molar-refractivity contribution is 5.90. The summed E-state index contributed by atoms with van der Waals surface area (Å²) in [6, 6.07) is 34.0. The van der Waals surface area contributed by atoms with Crippen LogP contribution in [0, 0.1) is 0 Å². The van der Waals surface area contributed by atoms with Crippen LogP contribution in [0.25, 0.3) is 22.3 Å². The van der Waals surface area contributed by atoms with Gasteiger partial charge in [-0.25, -0.2) is 9.59 Å². The first-order valence-electron chi connectivity index (χ1n) is 17.7. The van der Waals surface area contributed by atoms with Gasteiger partial charge in [0.05, 0.1) is 11.1 Å². The molecule has 4 aromatic carbocycles. The summed E-state index contributed by atoms with van der Waals surface area (Å²) in [5, 5.41) is 0. The van der Waals surface area contributed by atoms with Gasteiger partial charge in [0, 0.05) is 6.42 Å². The normalized spacial score (nSPS) is 11.0. The Hall–Kier alpha value is -4.26. The van der Waals surface area contributed by atoms with E-state index in [-0.39, 0.29) is 0 Å². The van der Waals surface area contributed by atoms with E-state index in [4.69, 9.17) is 19.6 Å². The zero-order valence-electron chi connectivity index (χ0n) is 28.3. The summed E-state index contributed by atoms with van der Waals surface area (Å²) in [4.78, 5) is 46.7. The molecule has 0 bridgehead atoms. The van der Waals surface area contributed by atoms with Crippen molar-refractivity contribution < 1.29 is 29.1 Å². The zero-order chi connectivity index (χ0) is 33.7. The number of hydrogen-bond donors (Lipinski definition) is 0. The van der Waals surface area contributed by atoms with E-state index in [9.17, 15) is 9.59 Å². The van der Waals surface area contributed by atoms with Gasteiger partial charge in [0.15, 0.2) is 0 Å². The average molecular weight is 651 g/mol. The van der Waals surface area contributed by atoms with Crippen LogP contribution in [-0.2, 0) is 19.6 Å². The second kappa shape index (κ2) is 21.6. The highest BCUT2D eigenvalue weighted by atomic mass is 17.3. The van der Waals surface area contributed by atoms with Crippen LogP contribution < -0.4 is 0 Å². The number of unbranched alkanes of at least 4 members (excludes halogenated alkanes) is 12. The van der Waals surface area contributed by atoms with Gasteiger partial charge in [-0.05, 0) is 52.9 Å². The number of hydrogen-bond acceptors (Lipinski definition) is 6. The van der Waals surface area contributed by atoms with E-state index >= 15 is 0 Å². The van der Waals surface area contributed by atoms with Crippen molar-refractivity contribution in [1.29, 1.82) is 0 Å². The minimum atomic E-state index is -1.06. The fourth-order valence-corrected chi connectivity index (χ4v) is 5.59. The minimum absolute atomic E-state index is 0.338. The number of benzene rings is 4. The molecule has 6 heteroatoms. The Morgan fingerprint density at radius 1 is 0.438 bits per heavy atom. The van der Waals surface area contributed by atoms with Crippen LogP contribution in [0.5, 0.6) is 0 Å². The molecule has 0 aliphatic carbocycles. The molecule has 4 aromatic rings. The lowest BCUT2D eigenvalue weighted by Crippen LogP contribution is -2.22. The van der Waals surface area contributed by atoms with Gasteiger partial charge in [-0.1, -0.05) is 169 Å². The van der Waals surface area contributed by atoms with Crippen molar-refractivity contribution in [2.75, 3.05) is 0 Å². The quantitative estimate of drug-likeness (QED) is 0.0365. The molecule has 0 radical (unpaired) electrons. The molecule has 6 nitrogen and oxygen atoms in total. The largest absolute Gasteiger partial charge is 0.373 e. The second-order valence-corrected chi connectivity index (χ2v) is 12.3. The van der Waals surface area contributed by atoms with Gasteiger partial charge < -0.3 is 0 Å². The highest BCUT2D eigenvalue weighted by Crippen LogP contribution is 2.22. The molecular formula is C42H50O6. The fourth-order valence-electron chi connectivity index (χ4n) is 5.59. The van der Waals surface area contributed by atoms with Crippen molar-refractivity contribution in [3.8, 4) is 22.3 Å². The molecular weight excluding hydrogens is 600 g/mol. The molecule has 0 aliphatic rings. The van der Waals surface area contributed by atoms with Gasteiger partial charge in [0.2, 0.25) is 6.29 Å². The smallest absolute Gasteiger partial charge is 0.290 e. The third kappa shape index (κ3) is 13.1. The molecule has 0 heterocycles. The van der Waals surface area contributed by atoms with Crippen LogP contribution in [0.4, 0.5) is 0 Å². The summed E-state index contributed by atoms with van der Waals surface area (Å²) in [7, 11) is 0. The van der Waals surface area contributed by atoms with E-state index in [1.165, 1.54) is 64.2 Å². The van der Waals surface area contributed by atoms with Crippen molar-refractivity contribution in [2.24, 2.45) is 0 Å². The van der Waals surface area contributed by atoms with Crippen molar-refractivity contribution >= 4 is 11.9 Å². The standard InChI is InChI=1S/C42H50O6/c1-2-3-4-5-6-7-8-9-10-11-12-13-20-25-40(45-47-41(43)38-30-26-36(27-31-38)34-21-16-14-17-22-34)46-48-42(44)39-32-28-37(29-33-39)35-23-18-15-19-24-35/h14-19,21-24,26-33,40H,2-13,20,25H2,1H3. The van der Waals surface area contributed by atoms with Crippen LogP contribution in [0.1, 0.15) is 118 Å². The first kappa shape index (κ1) is 36.6. The predicted octanol–water partition coefficient (Wildman–Crippen LogP) is 11.7. The van der Waals surface area contributed by atoms with E-state index in [0.717, 1.165) is 41.5 Å². The molecule has 0 aliphatic heterocycles. The molecule has 0 atom stereocenters. The Balaban J connectivity index is 1.23. The molecule has 0 unspecified atom stereocenters. The molecule has 0 fully saturated rings. The first-order chi connectivity index (χ1) is 23.6. The summed E-state index contributed by atoms with van der Waals surface area (Å²) in [5.74, 6) is -1.31. The third-order valence-electron chi connectivity index (χ3n) is 8.46. The van der Waals surface area contributed by atoms with Gasteiger partial charge in [-0.15, -0.1) is 9.78 Å². The van der Waals surface area contributed by atoms with Gasteiger partial charge in [0.25, 0.3) is 0 Å². The van der Waals surface area contributed by atoms with Gasteiger partial charge >= 0.3 is 11.9 Å². The highest BCUT2D eigenvalue weighted by Gasteiger charge is 2.20. The number of rotatable bonds is 22. The zero-order valence-corrected chi connectivity index (χ0v) is 28.3. The molecule has 0 spiro atoms. The van der Waals surface area contributed by atoms with E-state index < -0.39 is 18.2 Å². The van der Waals surface area contributed by atoms with Crippen LogP contribution in [0.2, 0.25) is 0 Å². The van der Waals surface area contributed by atoms with E-state index in [1.54, 1.807) is 24.3 Å². The molecule has 0 saturated carbocycles. The molecule has 48 heavy (non-hydrogen) atoms. The molecule has 0 aromatic heterocycles. The SMILES string of the molecule is CCCCCCCCCCCCCCCC(OOC(=O)c1ccc(-c2ccccc2)cc1)OOC(=O)c1ccc(-c2ccccc2)cc1. The van der Waals surface area contributed by atoms with E-state index in [2.05, 4.69) is 6.92 Å². The number of carbonyl (C=O) groups is 2. The maximum Gasteiger partial charge on any atom is 0.373 e. The van der Waals surface area contributed by atoms with Crippen molar-refractivity contribution in [2.45, 2.75) is 103 Å². The number of carbonyl (C=O) groups excluding carboxylic acids is 2. The maximum atomic E-state index is 12.8. The van der Waals surface area contributed by atoms with Crippen molar-refractivity contribution in [3.05, 3.63) is 120 Å². The maximum absolute atomic E-state index is 12.8. The fraction of sp³-hybridized carbons (Fsp3) is 0.381. The van der Waals surface area contributed by atoms with Gasteiger partial charge in [-0.3, -0.25) is 9.78 Å². The second-order valence-electron chi connectivity index (χ2n) is 12.3. The summed E-state index contributed by atoms with van der Waals surface area (Å²) in [5.41, 5.74) is 4.75. The first-order valence-corrected chi connectivity index (χ1v) is 17.7. The lowest BCUT2D eigenvalue weighted by Gasteiger charge is -2.15. The lowest BCUT2D eigenvalue weighted by atomic mass is 10.0. The third-order valence-corrected chi connectivity index (χ3v) is 8.46. The molecule has 4 rings (SSSR count). The van der Waals surface area contributed by atoms with Crippen molar-refractivity contribution in [1.82, 2.24) is 0 Å². The Kier molecular flexibility index (Phi) is 16.4. The molecule has 0 amide bonds. The topological polar surface area (TPSA) is 71.1 Å².